The van der Waals surface area contributed by atoms with Crippen LogP contribution in [0.1, 0.15) is 44.0 Å². The highest BCUT2D eigenvalue weighted by Crippen LogP contribution is 2.36. The highest BCUT2D eigenvalue weighted by molar-refractivity contribution is 5.89. The summed E-state index contributed by atoms with van der Waals surface area (Å²) in [6.45, 7) is 0. The molecule has 1 saturated carbocycles. The lowest BCUT2D eigenvalue weighted by Crippen LogP contribution is -2.37. The Morgan fingerprint density at radius 3 is 2.73 bits per heavy atom. The Morgan fingerprint density at radius 2 is 2.09 bits per heavy atom. The summed E-state index contributed by atoms with van der Waals surface area (Å²) in [6.07, 6.45) is 8.02. The Morgan fingerprint density at radius 1 is 1.36 bits per heavy atom. The minimum Gasteiger partial charge on any atom is -0.336 e. The fourth-order valence-corrected chi connectivity index (χ4v) is 3.34. The van der Waals surface area contributed by atoms with Gasteiger partial charge in [0.25, 0.3) is 0 Å². The van der Waals surface area contributed by atoms with Gasteiger partial charge in [0.1, 0.15) is 11.9 Å². The Labute approximate surface area is 129 Å². The van der Waals surface area contributed by atoms with Crippen LogP contribution in [-0.4, -0.2) is 39.4 Å². The van der Waals surface area contributed by atoms with Crippen molar-refractivity contribution in [2.45, 2.75) is 44.2 Å². The van der Waals surface area contributed by atoms with Crippen LogP contribution in [-0.2, 0) is 21.5 Å². The second kappa shape index (κ2) is 6.08. The van der Waals surface area contributed by atoms with E-state index in [1.807, 2.05) is 17.8 Å². The molecule has 0 radical (unpaired) electrons. The molecule has 3 rings (SSSR count). The molecule has 2 aliphatic rings. The molecule has 2 atom stereocenters. The van der Waals surface area contributed by atoms with Crippen LogP contribution in [0.4, 0.5) is 0 Å². The van der Waals surface area contributed by atoms with Crippen LogP contribution in [0.3, 0.4) is 0 Å². The molecule has 1 aliphatic carbocycles. The molecular weight excluding hydrogens is 284 g/mol. The number of amides is 2. The first-order valence-corrected chi connectivity index (χ1v) is 7.76. The van der Waals surface area contributed by atoms with Crippen molar-refractivity contribution in [3.63, 3.8) is 0 Å². The van der Waals surface area contributed by atoms with Gasteiger partial charge in [-0.05, 0) is 12.8 Å². The van der Waals surface area contributed by atoms with Crippen LogP contribution in [0.25, 0.3) is 0 Å². The van der Waals surface area contributed by atoms with Crippen molar-refractivity contribution in [1.82, 2.24) is 19.9 Å². The molecule has 1 aromatic heterocycles. The molecule has 1 aromatic rings. The average Bonchev–Trinajstić information content (AvgIpc) is 3.20. The van der Waals surface area contributed by atoms with Crippen molar-refractivity contribution >= 4 is 11.8 Å². The van der Waals surface area contributed by atoms with Gasteiger partial charge in [-0.1, -0.05) is 12.8 Å². The van der Waals surface area contributed by atoms with E-state index >= 15 is 0 Å². The van der Waals surface area contributed by atoms with E-state index in [2.05, 4.69) is 10.5 Å². The minimum atomic E-state index is -0.472. The fourth-order valence-electron chi connectivity index (χ4n) is 3.34. The lowest BCUT2D eigenvalue weighted by molar-refractivity contribution is -0.143. The van der Waals surface area contributed by atoms with Gasteiger partial charge in [-0.2, -0.15) is 0 Å². The zero-order valence-corrected chi connectivity index (χ0v) is 13.0. The SMILES string of the molecule is CN1C(=O)C[C@H](C(=O)NOC2CCCC2)[C@H]1c1nccn1C. The second-order valence-corrected chi connectivity index (χ2v) is 6.15. The molecule has 22 heavy (non-hydrogen) atoms. The number of aryl methyl sites for hydroxylation is 1. The van der Waals surface area contributed by atoms with Gasteiger partial charge in [-0.3, -0.25) is 14.4 Å². The van der Waals surface area contributed by atoms with E-state index in [-0.39, 0.29) is 30.4 Å². The highest BCUT2D eigenvalue weighted by Gasteiger charge is 2.44. The van der Waals surface area contributed by atoms with E-state index in [4.69, 9.17) is 4.84 Å². The van der Waals surface area contributed by atoms with Crippen LogP contribution in [0.15, 0.2) is 12.4 Å². The van der Waals surface area contributed by atoms with Crippen LogP contribution in [0.2, 0.25) is 0 Å². The number of imidazole rings is 1. The minimum absolute atomic E-state index is 0.0472. The molecule has 0 spiro atoms. The highest BCUT2D eigenvalue weighted by atomic mass is 16.7. The van der Waals surface area contributed by atoms with Crippen molar-refractivity contribution in [2.75, 3.05) is 7.05 Å². The summed E-state index contributed by atoms with van der Waals surface area (Å²) < 4.78 is 1.85. The lowest BCUT2D eigenvalue weighted by atomic mass is 9.99. The normalized spacial score (nSPS) is 25.9. The van der Waals surface area contributed by atoms with Crippen LogP contribution < -0.4 is 5.48 Å². The summed E-state index contributed by atoms with van der Waals surface area (Å²) in [6, 6.07) is -0.348. The van der Waals surface area contributed by atoms with Gasteiger partial charge in [0.05, 0.1) is 12.0 Å². The first-order chi connectivity index (χ1) is 10.6. The van der Waals surface area contributed by atoms with E-state index in [0.29, 0.717) is 0 Å². The number of rotatable bonds is 4. The maximum Gasteiger partial charge on any atom is 0.249 e. The van der Waals surface area contributed by atoms with Crippen molar-refractivity contribution in [3.8, 4) is 0 Å². The number of carbonyl (C=O) groups is 2. The van der Waals surface area contributed by atoms with Gasteiger partial charge in [-0.15, -0.1) is 0 Å². The maximum atomic E-state index is 12.5. The molecule has 2 heterocycles. The number of likely N-dealkylation sites (tertiary alicyclic amines) is 1. The lowest BCUT2D eigenvalue weighted by Gasteiger charge is -2.24. The molecule has 1 saturated heterocycles. The van der Waals surface area contributed by atoms with Gasteiger partial charge in [-0.25, -0.2) is 10.5 Å². The van der Waals surface area contributed by atoms with Crippen molar-refractivity contribution in [3.05, 3.63) is 18.2 Å². The van der Waals surface area contributed by atoms with Crippen molar-refractivity contribution < 1.29 is 14.4 Å². The van der Waals surface area contributed by atoms with Gasteiger partial charge in [0, 0.05) is 32.9 Å². The Balaban J connectivity index is 1.71. The van der Waals surface area contributed by atoms with Gasteiger partial charge >= 0.3 is 0 Å². The first kappa shape index (κ1) is 15.0. The Kier molecular flexibility index (Phi) is 4.15. The molecule has 1 aliphatic heterocycles. The summed E-state index contributed by atoms with van der Waals surface area (Å²) in [5, 5.41) is 0. The molecule has 7 heteroatoms. The number of nitrogens with zero attached hydrogens (tertiary/aromatic N) is 3. The number of carbonyl (C=O) groups excluding carboxylic acids is 2. The zero-order valence-electron chi connectivity index (χ0n) is 13.0. The number of nitrogens with one attached hydrogen (secondary N) is 1. The number of hydrogen-bond donors (Lipinski definition) is 1. The third-order valence-corrected chi connectivity index (χ3v) is 4.67. The maximum absolute atomic E-state index is 12.5. The van der Waals surface area contributed by atoms with Gasteiger partial charge in [0.15, 0.2) is 0 Å². The van der Waals surface area contributed by atoms with Crippen LogP contribution in [0, 0.1) is 5.92 Å². The van der Waals surface area contributed by atoms with Crippen LogP contribution >= 0.6 is 0 Å². The number of hydroxylamine groups is 1. The quantitative estimate of drug-likeness (QED) is 0.840. The molecule has 1 N–H and O–H groups in total. The molecule has 0 bridgehead atoms. The van der Waals surface area contributed by atoms with E-state index in [1.54, 1.807) is 18.1 Å². The fraction of sp³-hybridized carbons (Fsp3) is 0.667. The summed E-state index contributed by atoms with van der Waals surface area (Å²) in [4.78, 5) is 35.9. The monoisotopic (exact) mass is 306 g/mol. The van der Waals surface area contributed by atoms with Crippen molar-refractivity contribution in [1.29, 1.82) is 0 Å². The topological polar surface area (TPSA) is 76.5 Å². The molecular formula is C15H22N4O3. The molecule has 2 amide bonds. The second-order valence-electron chi connectivity index (χ2n) is 6.15. The Bertz CT molecular complexity index is 565. The summed E-state index contributed by atoms with van der Waals surface area (Å²) in [5.74, 6) is -0.0408. The van der Waals surface area contributed by atoms with Crippen LogP contribution in [0.5, 0.6) is 0 Å². The molecule has 7 nitrogen and oxygen atoms in total. The van der Waals surface area contributed by atoms with E-state index < -0.39 is 5.92 Å². The predicted octanol–water partition coefficient (Wildman–Crippen LogP) is 0.930. The third kappa shape index (κ3) is 2.72. The summed E-state index contributed by atoms with van der Waals surface area (Å²) >= 11 is 0. The number of aromatic nitrogens is 2. The molecule has 120 valence electrons. The molecule has 2 fully saturated rings. The zero-order chi connectivity index (χ0) is 15.7. The number of hydrogen-bond acceptors (Lipinski definition) is 4. The third-order valence-electron chi connectivity index (χ3n) is 4.67. The van der Waals surface area contributed by atoms with E-state index in [1.165, 1.54) is 0 Å². The van der Waals surface area contributed by atoms with Gasteiger partial charge < -0.3 is 9.47 Å². The smallest absolute Gasteiger partial charge is 0.249 e. The van der Waals surface area contributed by atoms with Crippen molar-refractivity contribution in [2.24, 2.45) is 13.0 Å². The first-order valence-electron chi connectivity index (χ1n) is 7.76. The largest absolute Gasteiger partial charge is 0.336 e. The van der Waals surface area contributed by atoms with Gasteiger partial charge in [0.2, 0.25) is 11.8 Å². The molecule has 0 unspecified atom stereocenters. The predicted molar refractivity (Wildman–Crippen MR) is 78.3 cm³/mol. The summed E-state index contributed by atoms with van der Waals surface area (Å²) in [5.41, 5.74) is 2.56. The van der Waals surface area contributed by atoms with E-state index in [0.717, 1.165) is 31.5 Å². The van der Waals surface area contributed by atoms with E-state index in [9.17, 15) is 9.59 Å². The average molecular weight is 306 g/mol. The summed E-state index contributed by atoms with van der Waals surface area (Å²) in [7, 11) is 3.58. The standard InChI is InChI=1S/C15H22N4O3/c1-18-8-7-16-14(18)13-11(9-12(20)19(13)2)15(21)17-22-10-5-3-4-6-10/h7-8,10-11,13H,3-6,9H2,1-2H3,(H,17,21)/t11-,13-/m0/s1. The Hall–Kier alpha value is -1.89. The molecule has 0 aromatic carbocycles.